The number of carbonyl (C=O) groups is 1. The second-order valence-corrected chi connectivity index (χ2v) is 9.43. The van der Waals surface area contributed by atoms with Crippen molar-refractivity contribution >= 4 is 11.7 Å². The van der Waals surface area contributed by atoms with Crippen molar-refractivity contribution in [3.8, 4) is 16.9 Å². The lowest BCUT2D eigenvalue weighted by atomic mass is 9.89. The maximum Gasteiger partial charge on any atom is 0.329 e. The molecular weight excluding hydrogens is 437 g/mol. The molecule has 34 heavy (non-hydrogen) atoms. The van der Waals surface area contributed by atoms with E-state index in [0.29, 0.717) is 43.9 Å². The molecule has 0 bridgehead atoms. The molecule has 0 radical (unpaired) electrons. The molecule has 0 aromatic heterocycles. The fourth-order valence-electron chi connectivity index (χ4n) is 5.00. The van der Waals surface area contributed by atoms with E-state index in [9.17, 15) is 9.90 Å². The van der Waals surface area contributed by atoms with E-state index < -0.39 is 17.3 Å². The first-order chi connectivity index (χ1) is 16.3. The van der Waals surface area contributed by atoms with Gasteiger partial charge in [-0.25, -0.2) is 9.18 Å². The van der Waals surface area contributed by atoms with Gasteiger partial charge in [-0.15, -0.1) is 0 Å². The number of anilines is 1. The fourth-order valence-corrected chi connectivity index (χ4v) is 5.00. The van der Waals surface area contributed by atoms with Crippen LogP contribution in [0.15, 0.2) is 24.3 Å². The van der Waals surface area contributed by atoms with Crippen molar-refractivity contribution in [3.05, 3.63) is 46.8 Å². The van der Waals surface area contributed by atoms with Gasteiger partial charge in [-0.05, 0) is 67.1 Å². The summed E-state index contributed by atoms with van der Waals surface area (Å²) >= 11 is 0. The molecule has 0 amide bonds. The Bertz CT molecular complexity index is 1040. The number of aliphatic carboxylic acids is 1. The molecule has 2 N–H and O–H groups in total. The van der Waals surface area contributed by atoms with Gasteiger partial charge in [-0.3, -0.25) is 0 Å². The summed E-state index contributed by atoms with van der Waals surface area (Å²) in [6, 6.07) is 7.39. The number of halogens is 1. The molecule has 0 spiro atoms. The third-order valence-corrected chi connectivity index (χ3v) is 7.24. The zero-order valence-electron chi connectivity index (χ0n) is 20.2. The molecule has 1 heterocycles. The summed E-state index contributed by atoms with van der Waals surface area (Å²) in [5, 5.41) is 13.2. The van der Waals surface area contributed by atoms with Crippen LogP contribution in [0.4, 0.5) is 10.1 Å². The number of benzene rings is 2. The van der Waals surface area contributed by atoms with Crippen LogP contribution < -0.4 is 10.1 Å². The van der Waals surface area contributed by atoms with Crippen molar-refractivity contribution in [2.45, 2.75) is 70.6 Å². The predicted octanol–water partition coefficient (Wildman–Crippen LogP) is 5.62. The van der Waals surface area contributed by atoms with Crippen molar-refractivity contribution in [1.29, 1.82) is 0 Å². The first kappa shape index (κ1) is 24.5. The van der Waals surface area contributed by atoms with E-state index >= 15 is 4.39 Å². The molecule has 0 atom stereocenters. The number of rotatable bonds is 8. The number of aryl methyl sites for hydroxylation is 1. The Morgan fingerprint density at radius 3 is 2.53 bits per heavy atom. The van der Waals surface area contributed by atoms with E-state index in [1.165, 1.54) is 7.11 Å². The first-order valence-electron chi connectivity index (χ1n) is 12.0. The molecule has 2 aromatic rings. The Labute approximate surface area is 200 Å². The van der Waals surface area contributed by atoms with Gasteiger partial charge < -0.3 is 24.6 Å². The zero-order chi connectivity index (χ0) is 24.3. The summed E-state index contributed by atoms with van der Waals surface area (Å²) < 4.78 is 32.4. The highest BCUT2D eigenvalue weighted by molar-refractivity contribution is 5.83. The zero-order valence-corrected chi connectivity index (χ0v) is 20.2. The third-order valence-electron chi connectivity index (χ3n) is 7.24. The Morgan fingerprint density at radius 1 is 1.18 bits per heavy atom. The quantitative estimate of drug-likeness (QED) is 0.520. The number of carboxylic acids is 1. The fraction of sp³-hybridized carbons (Fsp3) is 0.519. The van der Waals surface area contributed by atoms with E-state index in [0.717, 1.165) is 47.9 Å². The van der Waals surface area contributed by atoms with Crippen LogP contribution in [0.1, 0.15) is 55.2 Å². The summed E-state index contributed by atoms with van der Waals surface area (Å²) in [6.45, 7) is 4.89. The van der Waals surface area contributed by atoms with Crippen LogP contribution in [0.3, 0.4) is 0 Å². The minimum atomic E-state index is -1.09. The molecular formula is C27H34FNO5. The maximum atomic E-state index is 15.5. The number of carboxylic acid groups (broad SMARTS) is 1. The highest BCUT2D eigenvalue weighted by Crippen LogP contribution is 2.38. The van der Waals surface area contributed by atoms with E-state index in [1.54, 1.807) is 0 Å². The van der Waals surface area contributed by atoms with Crippen molar-refractivity contribution in [2.75, 3.05) is 25.6 Å². The molecule has 4 rings (SSSR count). The average molecular weight is 472 g/mol. The summed E-state index contributed by atoms with van der Waals surface area (Å²) in [5.74, 6) is -1.06. The van der Waals surface area contributed by atoms with Crippen molar-refractivity contribution in [2.24, 2.45) is 0 Å². The lowest BCUT2D eigenvalue weighted by molar-refractivity contribution is -0.145. The van der Waals surface area contributed by atoms with Crippen LogP contribution in [0.2, 0.25) is 0 Å². The summed E-state index contributed by atoms with van der Waals surface area (Å²) in [4.78, 5) is 12.1. The van der Waals surface area contributed by atoms with Gasteiger partial charge in [-0.2, -0.15) is 0 Å². The van der Waals surface area contributed by atoms with E-state index in [2.05, 4.69) is 5.32 Å². The molecule has 2 fully saturated rings. The number of nitrogens with one attached hydrogen (secondary N) is 1. The summed E-state index contributed by atoms with van der Waals surface area (Å²) in [5.41, 5.74) is 3.29. The van der Waals surface area contributed by atoms with Gasteiger partial charge in [0.15, 0.2) is 11.6 Å². The molecule has 2 aliphatic rings. The molecule has 2 aromatic carbocycles. The molecule has 1 saturated heterocycles. The molecule has 1 saturated carbocycles. The number of hydrogen-bond donors (Lipinski definition) is 2. The van der Waals surface area contributed by atoms with E-state index in [1.807, 2.05) is 38.1 Å². The third kappa shape index (κ3) is 4.91. The number of methoxy groups -OCH3 is 1. The average Bonchev–Trinajstić information content (AvgIpc) is 3.35. The van der Waals surface area contributed by atoms with Crippen LogP contribution >= 0.6 is 0 Å². The number of hydrogen-bond acceptors (Lipinski definition) is 5. The SMILES string of the molecule is COc1c(C)c(C)cc(-c2ccc(NC3(C(=O)O)CCOCC3)cc2COC2CCCC2)c1F. The largest absolute Gasteiger partial charge is 0.493 e. The highest BCUT2D eigenvalue weighted by Gasteiger charge is 2.40. The van der Waals surface area contributed by atoms with Crippen molar-refractivity contribution in [1.82, 2.24) is 0 Å². The van der Waals surface area contributed by atoms with E-state index in [-0.39, 0.29) is 11.9 Å². The monoisotopic (exact) mass is 471 g/mol. The summed E-state index contributed by atoms with van der Waals surface area (Å²) in [7, 11) is 1.48. The maximum absolute atomic E-state index is 15.5. The van der Waals surface area contributed by atoms with Gasteiger partial charge >= 0.3 is 5.97 Å². The normalized spacial score (nSPS) is 18.1. The van der Waals surface area contributed by atoms with Crippen LogP contribution in [0.25, 0.3) is 11.1 Å². The standard InChI is InChI=1S/C27H34FNO5/c1-17-14-23(24(28)25(32-3)18(17)2)22-9-8-20(15-19(22)16-34-21-6-4-5-7-21)29-27(26(30)31)10-12-33-13-11-27/h8-9,14-15,21,29H,4-7,10-13,16H2,1-3H3,(H,30,31). The van der Waals surface area contributed by atoms with Crippen LogP contribution in [-0.4, -0.2) is 43.0 Å². The molecule has 6 nitrogen and oxygen atoms in total. The van der Waals surface area contributed by atoms with Crippen LogP contribution in [0, 0.1) is 19.7 Å². The van der Waals surface area contributed by atoms with Gasteiger partial charge in [0.25, 0.3) is 0 Å². The lowest BCUT2D eigenvalue weighted by Gasteiger charge is -2.35. The topological polar surface area (TPSA) is 77.0 Å². The van der Waals surface area contributed by atoms with E-state index in [4.69, 9.17) is 14.2 Å². The molecule has 1 aliphatic carbocycles. The summed E-state index contributed by atoms with van der Waals surface area (Å²) in [6.07, 6.45) is 5.32. The second-order valence-electron chi connectivity index (χ2n) is 9.43. The van der Waals surface area contributed by atoms with Gasteiger partial charge in [-0.1, -0.05) is 18.9 Å². The molecule has 0 unspecified atom stereocenters. The Balaban J connectivity index is 1.73. The first-order valence-corrected chi connectivity index (χ1v) is 12.0. The van der Waals surface area contributed by atoms with Gasteiger partial charge in [0, 0.05) is 37.3 Å². The molecule has 184 valence electrons. The van der Waals surface area contributed by atoms with Crippen LogP contribution in [0.5, 0.6) is 5.75 Å². The minimum absolute atomic E-state index is 0.199. The highest BCUT2D eigenvalue weighted by atomic mass is 19.1. The van der Waals surface area contributed by atoms with Gasteiger partial charge in [0.1, 0.15) is 5.54 Å². The second kappa shape index (κ2) is 10.3. The predicted molar refractivity (Wildman–Crippen MR) is 129 cm³/mol. The van der Waals surface area contributed by atoms with Crippen molar-refractivity contribution < 1.29 is 28.5 Å². The van der Waals surface area contributed by atoms with Gasteiger partial charge in [0.05, 0.1) is 19.8 Å². The molecule has 7 heteroatoms. The number of ether oxygens (including phenoxy) is 3. The lowest BCUT2D eigenvalue weighted by Crippen LogP contribution is -2.50. The Kier molecular flexibility index (Phi) is 7.43. The smallest absolute Gasteiger partial charge is 0.329 e. The van der Waals surface area contributed by atoms with Gasteiger partial charge in [0.2, 0.25) is 0 Å². The van der Waals surface area contributed by atoms with Crippen LogP contribution in [-0.2, 0) is 20.9 Å². The Hall–Kier alpha value is -2.64. The molecule has 1 aliphatic heterocycles. The van der Waals surface area contributed by atoms with Crippen molar-refractivity contribution in [3.63, 3.8) is 0 Å². The Morgan fingerprint density at radius 2 is 1.88 bits per heavy atom. The minimum Gasteiger partial charge on any atom is -0.493 e.